The van der Waals surface area contributed by atoms with Crippen molar-refractivity contribution < 1.29 is 9.53 Å². The highest BCUT2D eigenvalue weighted by Crippen LogP contribution is 2.45. The molecule has 1 heterocycles. The Morgan fingerprint density at radius 3 is 2.89 bits per heavy atom. The van der Waals surface area contributed by atoms with E-state index in [-0.39, 0.29) is 11.4 Å². The summed E-state index contributed by atoms with van der Waals surface area (Å²) in [6, 6.07) is 10.4. The van der Waals surface area contributed by atoms with E-state index >= 15 is 0 Å². The molecular formula is C16H19NO2. The quantitative estimate of drug-likeness (QED) is 0.615. The minimum Gasteiger partial charge on any atom is -0.468 e. The molecule has 1 atom stereocenters. The average Bonchev–Trinajstić information content (AvgIpc) is 2.96. The number of ether oxygens (including phenoxy) is 1. The zero-order valence-corrected chi connectivity index (χ0v) is 11.3. The van der Waals surface area contributed by atoms with E-state index in [2.05, 4.69) is 35.2 Å². The molecule has 1 fully saturated rings. The van der Waals surface area contributed by atoms with Crippen molar-refractivity contribution >= 4 is 5.97 Å². The van der Waals surface area contributed by atoms with E-state index in [0.29, 0.717) is 0 Å². The summed E-state index contributed by atoms with van der Waals surface area (Å²) in [5, 5.41) is 0. The molecule has 0 radical (unpaired) electrons. The Kier molecular flexibility index (Phi) is 3.15. The van der Waals surface area contributed by atoms with E-state index in [1.54, 1.807) is 0 Å². The van der Waals surface area contributed by atoms with Crippen LogP contribution in [0.1, 0.15) is 18.4 Å². The lowest BCUT2D eigenvalue weighted by Gasteiger charge is -2.24. The van der Waals surface area contributed by atoms with Crippen molar-refractivity contribution in [3.05, 3.63) is 47.5 Å². The number of carbonyl (C=O) groups excluding carboxylic acids is 1. The summed E-state index contributed by atoms with van der Waals surface area (Å²) in [6.07, 6.45) is 4.13. The molecule has 0 spiro atoms. The standard InChI is InChI=1S/C16H19NO2/c1-19-15(18)16-9-5-8-14(16)11-17(12-16)10-13-6-3-2-4-7-13/h2-4,6-8H,5,9-12H2,1H3. The van der Waals surface area contributed by atoms with E-state index in [1.165, 1.54) is 18.2 Å². The lowest BCUT2D eigenvalue weighted by atomic mass is 9.84. The maximum absolute atomic E-state index is 12.1. The van der Waals surface area contributed by atoms with Gasteiger partial charge in [0.25, 0.3) is 0 Å². The number of rotatable bonds is 3. The molecule has 100 valence electrons. The summed E-state index contributed by atoms with van der Waals surface area (Å²) >= 11 is 0. The number of fused-ring (bicyclic) bond motifs is 1. The fourth-order valence-electron chi connectivity index (χ4n) is 3.37. The van der Waals surface area contributed by atoms with Crippen LogP contribution >= 0.6 is 0 Å². The van der Waals surface area contributed by atoms with Crippen molar-refractivity contribution in [2.45, 2.75) is 19.4 Å². The molecule has 1 aromatic rings. The normalized spacial score (nSPS) is 26.1. The van der Waals surface area contributed by atoms with Crippen LogP contribution in [0.25, 0.3) is 0 Å². The topological polar surface area (TPSA) is 29.5 Å². The first-order valence-corrected chi connectivity index (χ1v) is 6.79. The van der Waals surface area contributed by atoms with Crippen molar-refractivity contribution in [3.63, 3.8) is 0 Å². The Hall–Kier alpha value is -1.61. The molecule has 1 aliphatic carbocycles. The molecule has 2 aliphatic rings. The van der Waals surface area contributed by atoms with Crippen molar-refractivity contribution in [2.24, 2.45) is 5.41 Å². The van der Waals surface area contributed by atoms with E-state index in [1.807, 2.05) is 6.07 Å². The van der Waals surface area contributed by atoms with Crippen LogP contribution in [-0.2, 0) is 16.1 Å². The second kappa shape index (κ2) is 4.82. The first-order valence-electron chi connectivity index (χ1n) is 6.79. The van der Waals surface area contributed by atoms with Gasteiger partial charge in [-0.1, -0.05) is 36.4 Å². The summed E-state index contributed by atoms with van der Waals surface area (Å²) in [6.45, 7) is 2.58. The van der Waals surface area contributed by atoms with Crippen LogP contribution in [-0.4, -0.2) is 31.1 Å². The molecule has 3 heteroatoms. The zero-order chi connectivity index (χ0) is 13.3. The number of nitrogens with zero attached hydrogens (tertiary/aromatic N) is 1. The lowest BCUT2D eigenvalue weighted by molar-refractivity contribution is -0.150. The molecule has 0 N–H and O–H groups in total. The molecular weight excluding hydrogens is 238 g/mol. The van der Waals surface area contributed by atoms with Gasteiger partial charge < -0.3 is 4.74 Å². The van der Waals surface area contributed by atoms with Gasteiger partial charge in [0, 0.05) is 19.6 Å². The largest absolute Gasteiger partial charge is 0.468 e. The number of esters is 1. The van der Waals surface area contributed by atoms with Crippen LogP contribution in [0, 0.1) is 5.41 Å². The summed E-state index contributed by atoms with van der Waals surface area (Å²) in [7, 11) is 1.49. The van der Waals surface area contributed by atoms with E-state index < -0.39 is 0 Å². The Balaban J connectivity index is 1.77. The number of hydrogen-bond donors (Lipinski definition) is 0. The lowest BCUT2D eigenvalue weighted by Crippen LogP contribution is -2.35. The van der Waals surface area contributed by atoms with Gasteiger partial charge >= 0.3 is 5.97 Å². The molecule has 1 aromatic carbocycles. The fraction of sp³-hybridized carbons (Fsp3) is 0.438. The second-order valence-corrected chi connectivity index (χ2v) is 5.47. The first kappa shape index (κ1) is 12.4. The highest BCUT2D eigenvalue weighted by atomic mass is 16.5. The van der Waals surface area contributed by atoms with Gasteiger partial charge in [0.2, 0.25) is 0 Å². The first-order chi connectivity index (χ1) is 9.24. The van der Waals surface area contributed by atoms with E-state index in [4.69, 9.17) is 4.74 Å². The van der Waals surface area contributed by atoms with Gasteiger partial charge in [0.1, 0.15) is 5.41 Å². The fourth-order valence-corrected chi connectivity index (χ4v) is 3.37. The van der Waals surface area contributed by atoms with Crippen molar-refractivity contribution in [3.8, 4) is 0 Å². The van der Waals surface area contributed by atoms with Crippen molar-refractivity contribution in [2.75, 3.05) is 20.2 Å². The maximum atomic E-state index is 12.1. The monoisotopic (exact) mass is 257 g/mol. The molecule has 1 saturated heterocycles. The van der Waals surface area contributed by atoms with Crippen LogP contribution in [0.3, 0.4) is 0 Å². The molecule has 1 aliphatic heterocycles. The maximum Gasteiger partial charge on any atom is 0.317 e. The van der Waals surface area contributed by atoms with Crippen molar-refractivity contribution in [1.29, 1.82) is 0 Å². The third kappa shape index (κ3) is 2.08. The van der Waals surface area contributed by atoms with Crippen molar-refractivity contribution in [1.82, 2.24) is 4.90 Å². The van der Waals surface area contributed by atoms with Gasteiger partial charge in [-0.05, 0) is 24.0 Å². The molecule has 0 amide bonds. The predicted molar refractivity (Wildman–Crippen MR) is 73.5 cm³/mol. The number of methoxy groups -OCH3 is 1. The average molecular weight is 257 g/mol. The van der Waals surface area contributed by atoms with Gasteiger partial charge in [0.05, 0.1) is 7.11 Å². The summed E-state index contributed by atoms with van der Waals surface area (Å²) in [5.74, 6) is -0.0631. The third-order valence-corrected chi connectivity index (χ3v) is 4.29. The zero-order valence-electron chi connectivity index (χ0n) is 11.3. The van der Waals surface area contributed by atoms with Crippen LogP contribution in [0.4, 0.5) is 0 Å². The highest BCUT2D eigenvalue weighted by molar-refractivity contribution is 5.82. The molecule has 3 rings (SSSR count). The predicted octanol–water partition coefficient (Wildman–Crippen LogP) is 2.38. The van der Waals surface area contributed by atoms with Crippen LogP contribution in [0.5, 0.6) is 0 Å². The van der Waals surface area contributed by atoms with E-state index in [9.17, 15) is 4.79 Å². The molecule has 0 bridgehead atoms. The Morgan fingerprint density at radius 1 is 1.37 bits per heavy atom. The van der Waals surface area contributed by atoms with Gasteiger partial charge in [-0.3, -0.25) is 9.69 Å². The van der Waals surface area contributed by atoms with E-state index in [0.717, 1.165) is 32.5 Å². The number of carbonyl (C=O) groups is 1. The Morgan fingerprint density at radius 2 is 2.16 bits per heavy atom. The van der Waals surface area contributed by atoms with Crippen LogP contribution in [0.2, 0.25) is 0 Å². The number of benzene rings is 1. The minimum atomic E-state index is -0.358. The molecule has 0 saturated carbocycles. The molecule has 3 nitrogen and oxygen atoms in total. The Bertz CT molecular complexity index is 509. The number of hydrogen-bond acceptors (Lipinski definition) is 3. The van der Waals surface area contributed by atoms with Gasteiger partial charge in [-0.2, -0.15) is 0 Å². The summed E-state index contributed by atoms with van der Waals surface area (Å²) in [4.78, 5) is 14.5. The van der Waals surface area contributed by atoms with Gasteiger partial charge in [-0.25, -0.2) is 0 Å². The molecule has 0 aromatic heterocycles. The number of allylic oxidation sites excluding steroid dienone is 1. The van der Waals surface area contributed by atoms with Crippen LogP contribution in [0.15, 0.2) is 42.0 Å². The Labute approximate surface area is 113 Å². The van der Waals surface area contributed by atoms with Gasteiger partial charge in [0.15, 0.2) is 0 Å². The summed E-state index contributed by atoms with van der Waals surface area (Å²) < 4.78 is 5.03. The highest BCUT2D eigenvalue weighted by Gasteiger charge is 2.50. The third-order valence-electron chi connectivity index (χ3n) is 4.29. The smallest absolute Gasteiger partial charge is 0.317 e. The molecule has 1 unspecified atom stereocenters. The minimum absolute atomic E-state index is 0.0631. The number of likely N-dealkylation sites (tertiary alicyclic amines) is 1. The van der Waals surface area contributed by atoms with Gasteiger partial charge in [-0.15, -0.1) is 0 Å². The second-order valence-electron chi connectivity index (χ2n) is 5.47. The summed E-state index contributed by atoms with van der Waals surface area (Å²) in [5.41, 5.74) is 2.20. The van der Waals surface area contributed by atoms with Crippen LogP contribution < -0.4 is 0 Å². The SMILES string of the molecule is COC(=O)C12CCC=C1CN(Cc1ccccc1)C2. The molecule has 19 heavy (non-hydrogen) atoms.